The van der Waals surface area contributed by atoms with Crippen molar-refractivity contribution in [2.75, 3.05) is 16.2 Å². The molecule has 0 fully saturated rings. The lowest BCUT2D eigenvalue weighted by molar-refractivity contribution is -0.114. The highest BCUT2D eigenvalue weighted by Gasteiger charge is 2.28. The van der Waals surface area contributed by atoms with Crippen molar-refractivity contribution < 1.29 is 13.2 Å². The van der Waals surface area contributed by atoms with Gasteiger partial charge in [-0.1, -0.05) is 72.8 Å². The number of para-hydroxylation sites is 1. The first-order valence-electron chi connectivity index (χ1n) is 9.62. The summed E-state index contributed by atoms with van der Waals surface area (Å²) < 4.78 is 28.7. The van der Waals surface area contributed by atoms with Crippen molar-refractivity contribution in [3.8, 4) is 0 Å². The quantitative estimate of drug-likeness (QED) is 0.380. The molecule has 0 radical (unpaired) electrons. The third-order valence-corrected chi connectivity index (χ3v) is 7.97. The van der Waals surface area contributed by atoms with Gasteiger partial charge in [0.25, 0.3) is 10.0 Å². The van der Waals surface area contributed by atoms with Gasteiger partial charge in [0.15, 0.2) is 4.34 Å². The zero-order valence-corrected chi connectivity index (χ0v) is 20.1. The third kappa shape index (κ3) is 5.84. The lowest BCUT2D eigenvalue weighted by atomic mass is 10.2. The van der Waals surface area contributed by atoms with Crippen LogP contribution < -0.4 is 9.62 Å². The van der Waals surface area contributed by atoms with Gasteiger partial charge in [-0.3, -0.25) is 14.4 Å². The van der Waals surface area contributed by atoms with E-state index in [0.717, 1.165) is 19.8 Å². The molecule has 2 aromatic carbocycles. The topological polar surface area (TPSA) is 92.3 Å². The van der Waals surface area contributed by atoms with Crippen molar-refractivity contribution in [2.24, 2.45) is 0 Å². The Kier molecular flexibility index (Phi) is 7.34. The van der Waals surface area contributed by atoms with E-state index in [2.05, 4.69) is 15.5 Å². The van der Waals surface area contributed by atoms with Gasteiger partial charge in [-0.15, -0.1) is 10.2 Å². The fraction of sp³-hybridized carbons (Fsp3) is 0.286. The fourth-order valence-electron chi connectivity index (χ4n) is 2.78. The average molecular weight is 477 g/mol. The molecule has 31 heavy (non-hydrogen) atoms. The van der Waals surface area contributed by atoms with Crippen LogP contribution in [0.5, 0.6) is 0 Å². The van der Waals surface area contributed by atoms with E-state index < -0.39 is 15.9 Å². The summed E-state index contributed by atoms with van der Waals surface area (Å²) in [4.78, 5) is 12.9. The number of hydrogen-bond acceptors (Lipinski definition) is 7. The average Bonchev–Trinajstić information content (AvgIpc) is 3.13. The van der Waals surface area contributed by atoms with Gasteiger partial charge in [-0.2, -0.15) is 0 Å². The highest BCUT2D eigenvalue weighted by Crippen LogP contribution is 2.29. The molecule has 10 heteroatoms. The molecule has 164 valence electrons. The normalized spacial score (nSPS) is 11.5. The summed E-state index contributed by atoms with van der Waals surface area (Å²) >= 11 is 2.81. The highest BCUT2D eigenvalue weighted by molar-refractivity contribution is 8.01. The monoisotopic (exact) mass is 476 g/mol. The van der Waals surface area contributed by atoms with E-state index in [1.807, 2.05) is 39.8 Å². The first kappa shape index (κ1) is 23.2. The first-order valence-corrected chi connectivity index (χ1v) is 12.8. The molecular weight excluding hydrogens is 452 g/mol. The number of hydrogen-bond donors (Lipinski definition) is 1. The minimum atomic E-state index is -3.96. The molecule has 0 atom stereocenters. The van der Waals surface area contributed by atoms with E-state index in [0.29, 0.717) is 16.1 Å². The number of nitrogens with zero attached hydrogens (tertiary/aromatic N) is 3. The van der Waals surface area contributed by atoms with Gasteiger partial charge >= 0.3 is 0 Å². The van der Waals surface area contributed by atoms with Gasteiger partial charge in [0.1, 0.15) is 6.54 Å². The Morgan fingerprint density at radius 2 is 1.77 bits per heavy atom. The summed E-state index contributed by atoms with van der Waals surface area (Å²) in [6.07, 6.45) is 0. The molecule has 0 aliphatic heterocycles. The number of benzene rings is 2. The van der Waals surface area contributed by atoms with Crippen molar-refractivity contribution in [3.05, 3.63) is 59.7 Å². The van der Waals surface area contributed by atoms with Gasteiger partial charge in [-0.25, -0.2) is 8.42 Å². The van der Waals surface area contributed by atoms with Crippen LogP contribution in [0.1, 0.15) is 25.0 Å². The second-order valence-corrected chi connectivity index (χ2v) is 11.9. The van der Waals surface area contributed by atoms with E-state index in [4.69, 9.17) is 0 Å². The number of carbonyl (C=O) groups is 1. The number of nitrogens with one attached hydrogen (secondary N) is 1. The summed E-state index contributed by atoms with van der Waals surface area (Å²) in [7, 11) is -3.96. The van der Waals surface area contributed by atoms with Gasteiger partial charge in [0.05, 0.1) is 10.6 Å². The molecule has 0 bridgehead atoms. The molecule has 1 aromatic heterocycles. The van der Waals surface area contributed by atoms with Crippen LogP contribution in [0.2, 0.25) is 0 Å². The standard InChI is InChI=1S/C21H24N4O3S3/c1-14(2)29-21-24-23-20(30-21)22-19(26)13-25(18-8-6-5-7-16(18)4)31(27,28)17-11-9-15(3)10-12-17/h5-12,14H,13H2,1-4H3,(H,22,23,26). The number of rotatable bonds is 8. The number of sulfonamides is 1. The summed E-state index contributed by atoms with van der Waals surface area (Å²) in [5.74, 6) is -0.490. The van der Waals surface area contributed by atoms with Crippen LogP contribution in [-0.4, -0.2) is 36.3 Å². The molecule has 3 aromatic rings. The van der Waals surface area contributed by atoms with Crippen molar-refractivity contribution in [3.63, 3.8) is 0 Å². The zero-order chi connectivity index (χ0) is 22.6. The number of carbonyl (C=O) groups excluding carboxylic acids is 1. The molecule has 7 nitrogen and oxygen atoms in total. The van der Waals surface area contributed by atoms with E-state index in [9.17, 15) is 13.2 Å². The summed E-state index contributed by atoms with van der Waals surface area (Å²) in [6, 6.07) is 13.6. The van der Waals surface area contributed by atoms with Crippen LogP contribution >= 0.6 is 23.1 Å². The molecule has 0 saturated heterocycles. The van der Waals surface area contributed by atoms with E-state index >= 15 is 0 Å². The first-order chi connectivity index (χ1) is 14.7. The van der Waals surface area contributed by atoms with Crippen LogP contribution in [0.25, 0.3) is 0 Å². The SMILES string of the molecule is Cc1ccc(S(=O)(=O)N(CC(=O)Nc2nnc(SC(C)C)s2)c2ccccc2C)cc1. The van der Waals surface area contributed by atoms with Crippen molar-refractivity contribution in [2.45, 2.75) is 42.2 Å². The summed E-state index contributed by atoms with van der Waals surface area (Å²) in [5.41, 5.74) is 2.15. The van der Waals surface area contributed by atoms with Crippen LogP contribution in [0.4, 0.5) is 10.8 Å². The number of thioether (sulfide) groups is 1. The molecule has 0 saturated carbocycles. The second-order valence-electron chi connectivity index (χ2n) is 7.20. The largest absolute Gasteiger partial charge is 0.299 e. The molecule has 1 heterocycles. The van der Waals surface area contributed by atoms with Crippen LogP contribution in [0.15, 0.2) is 57.8 Å². The Morgan fingerprint density at radius 3 is 2.42 bits per heavy atom. The highest BCUT2D eigenvalue weighted by atomic mass is 32.2. The second kappa shape index (κ2) is 9.80. The Morgan fingerprint density at radius 1 is 1.10 bits per heavy atom. The smallest absolute Gasteiger partial charge is 0.264 e. The molecular formula is C21H24N4O3S3. The van der Waals surface area contributed by atoms with Gasteiger partial charge in [0, 0.05) is 5.25 Å². The lowest BCUT2D eigenvalue weighted by Gasteiger charge is -2.25. The van der Waals surface area contributed by atoms with Crippen molar-refractivity contribution in [1.29, 1.82) is 0 Å². The Balaban J connectivity index is 1.88. The van der Waals surface area contributed by atoms with E-state index in [-0.39, 0.29) is 11.4 Å². The minimum Gasteiger partial charge on any atom is -0.299 e. The van der Waals surface area contributed by atoms with Crippen molar-refractivity contribution in [1.82, 2.24) is 10.2 Å². The van der Waals surface area contributed by atoms with Gasteiger partial charge in [-0.05, 0) is 37.6 Å². The van der Waals surface area contributed by atoms with Crippen LogP contribution in [0.3, 0.4) is 0 Å². The summed E-state index contributed by atoms with van der Waals surface area (Å²) in [5, 5.41) is 11.4. The number of amides is 1. The minimum absolute atomic E-state index is 0.126. The molecule has 0 unspecified atom stereocenters. The number of aryl methyl sites for hydroxylation is 2. The molecule has 0 aliphatic rings. The van der Waals surface area contributed by atoms with Gasteiger partial charge < -0.3 is 0 Å². The summed E-state index contributed by atoms with van der Waals surface area (Å²) in [6.45, 7) is 7.40. The molecule has 3 rings (SSSR count). The maximum atomic E-state index is 13.4. The molecule has 0 spiro atoms. The lowest BCUT2D eigenvalue weighted by Crippen LogP contribution is -2.38. The Labute approximate surface area is 191 Å². The third-order valence-electron chi connectivity index (χ3n) is 4.27. The Hall–Kier alpha value is -2.43. The zero-order valence-electron chi connectivity index (χ0n) is 17.7. The van der Waals surface area contributed by atoms with E-state index in [1.165, 1.54) is 11.3 Å². The maximum Gasteiger partial charge on any atom is 0.264 e. The van der Waals surface area contributed by atoms with Crippen LogP contribution in [-0.2, 0) is 14.8 Å². The van der Waals surface area contributed by atoms with E-state index in [1.54, 1.807) is 48.2 Å². The Bertz CT molecular complexity index is 1160. The molecule has 1 N–H and O–H groups in total. The predicted octanol–water partition coefficient (Wildman–Crippen LogP) is 4.49. The van der Waals surface area contributed by atoms with Crippen molar-refractivity contribution >= 4 is 49.8 Å². The molecule has 1 amide bonds. The predicted molar refractivity (Wildman–Crippen MR) is 126 cm³/mol. The molecule has 0 aliphatic carbocycles. The fourth-order valence-corrected chi connectivity index (χ4v) is 6.26. The number of aromatic nitrogens is 2. The maximum absolute atomic E-state index is 13.4. The number of anilines is 2. The van der Waals surface area contributed by atoms with Crippen LogP contribution in [0, 0.1) is 13.8 Å². The van der Waals surface area contributed by atoms with Gasteiger partial charge in [0.2, 0.25) is 11.0 Å².